The van der Waals surface area contributed by atoms with Crippen LogP contribution in [0.1, 0.15) is 5.69 Å². The van der Waals surface area contributed by atoms with Gasteiger partial charge in [0.05, 0.1) is 12.6 Å². The number of halogens is 1. The van der Waals surface area contributed by atoms with Gasteiger partial charge in [0.2, 0.25) is 0 Å². The van der Waals surface area contributed by atoms with E-state index in [9.17, 15) is 0 Å². The lowest BCUT2D eigenvalue weighted by atomic mass is 10.2. The summed E-state index contributed by atoms with van der Waals surface area (Å²) in [7, 11) is 1.67. The number of fused-ring (bicyclic) bond motifs is 1. The van der Waals surface area contributed by atoms with Crippen molar-refractivity contribution >= 4 is 23.3 Å². The number of hydrogen-bond donors (Lipinski definition) is 0. The van der Waals surface area contributed by atoms with Crippen LogP contribution in [-0.2, 0) is 0 Å². The second-order valence-electron chi connectivity index (χ2n) is 3.01. The maximum absolute atomic E-state index is 5.12. The van der Waals surface area contributed by atoms with Crippen LogP contribution in [-0.4, -0.2) is 12.1 Å². The molecule has 0 amide bonds. The van der Waals surface area contributed by atoms with Gasteiger partial charge in [0.1, 0.15) is 5.75 Å². The third kappa shape index (κ3) is 1.96. The lowest BCUT2D eigenvalue weighted by molar-refractivity contribution is 0.415. The zero-order valence-corrected chi connectivity index (χ0v) is 8.97. The summed E-state index contributed by atoms with van der Waals surface area (Å²) in [6.07, 6.45) is 0. The van der Waals surface area contributed by atoms with Crippen molar-refractivity contribution in [3.63, 3.8) is 0 Å². The van der Waals surface area contributed by atoms with Crippen LogP contribution in [0.2, 0.25) is 0 Å². The number of methoxy groups -OCH3 is 1. The molecule has 3 heteroatoms. The fourth-order valence-electron chi connectivity index (χ4n) is 1.33. The van der Waals surface area contributed by atoms with Crippen molar-refractivity contribution < 1.29 is 4.74 Å². The molecule has 2 rings (SSSR count). The van der Waals surface area contributed by atoms with E-state index in [0.717, 1.165) is 22.3 Å². The smallest absolute Gasteiger partial charge is 0.119 e. The first-order valence-electron chi connectivity index (χ1n) is 4.21. The highest BCUT2D eigenvalue weighted by Gasteiger charge is 1.96. The lowest BCUT2D eigenvalue weighted by Gasteiger charge is -2.02. The molecule has 0 aliphatic carbocycles. The SMILES string of the molecule is COc1ccc2nc(C)ccc2c1.Cl. The third-order valence-electron chi connectivity index (χ3n) is 2.04. The van der Waals surface area contributed by atoms with Crippen molar-refractivity contribution in [3.05, 3.63) is 36.0 Å². The lowest BCUT2D eigenvalue weighted by Crippen LogP contribution is -1.85. The van der Waals surface area contributed by atoms with Crippen LogP contribution in [0.5, 0.6) is 5.75 Å². The Bertz CT molecular complexity index is 442. The zero-order valence-electron chi connectivity index (χ0n) is 8.15. The molecule has 0 spiro atoms. The standard InChI is InChI=1S/C11H11NO.ClH/c1-8-3-4-9-7-10(13-2)5-6-11(9)12-8;/h3-7H,1-2H3;1H. The molecular formula is C11H12ClNO. The minimum absolute atomic E-state index is 0. The van der Waals surface area contributed by atoms with Gasteiger partial charge in [0.15, 0.2) is 0 Å². The Hall–Kier alpha value is -1.28. The van der Waals surface area contributed by atoms with E-state index in [4.69, 9.17) is 4.74 Å². The molecule has 0 aliphatic rings. The van der Waals surface area contributed by atoms with E-state index in [1.807, 2.05) is 31.2 Å². The molecule has 2 nitrogen and oxygen atoms in total. The molecule has 0 N–H and O–H groups in total. The average Bonchev–Trinajstić information content (AvgIpc) is 2.17. The molecule has 0 aliphatic heterocycles. The van der Waals surface area contributed by atoms with Gasteiger partial charge in [-0.3, -0.25) is 4.98 Å². The van der Waals surface area contributed by atoms with Crippen LogP contribution < -0.4 is 4.74 Å². The number of hydrogen-bond acceptors (Lipinski definition) is 2. The van der Waals surface area contributed by atoms with Crippen molar-refractivity contribution in [3.8, 4) is 5.75 Å². The van der Waals surface area contributed by atoms with Crippen molar-refractivity contribution in [1.82, 2.24) is 4.98 Å². The highest BCUT2D eigenvalue weighted by molar-refractivity contribution is 5.85. The summed E-state index contributed by atoms with van der Waals surface area (Å²) in [4.78, 5) is 4.40. The van der Waals surface area contributed by atoms with Crippen molar-refractivity contribution in [1.29, 1.82) is 0 Å². The largest absolute Gasteiger partial charge is 0.497 e. The molecule has 0 atom stereocenters. The monoisotopic (exact) mass is 209 g/mol. The van der Waals surface area contributed by atoms with Gasteiger partial charge < -0.3 is 4.74 Å². The Labute approximate surface area is 89.3 Å². The van der Waals surface area contributed by atoms with E-state index in [0.29, 0.717) is 0 Å². The van der Waals surface area contributed by atoms with Gasteiger partial charge in [0.25, 0.3) is 0 Å². The number of nitrogens with zero attached hydrogens (tertiary/aromatic N) is 1. The van der Waals surface area contributed by atoms with Gasteiger partial charge in [-0.2, -0.15) is 0 Å². The molecule has 0 bridgehead atoms. The molecule has 0 unspecified atom stereocenters. The highest BCUT2D eigenvalue weighted by atomic mass is 35.5. The van der Waals surface area contributed by atoms with Gasteiger partial charge >= 0.3 is 0 Å². The van der Waals surface area contributed by atoms with E-state index in [1.54, 1.807) is 7.11 Å². The van der Waals surface area contributed by atoms with Crippen molar-refractivity contribution in [2.24, 2.45) is 0 Å². The molecule has 0 radical (unpaired) electrons. The molecule has 0 fully saturated rings. The van der Waals surface area contributed by atoms with Crippen molar-refractivity contribution in [2.45, 2.75) is 6.92 Å². The minimum Gasteiger partial charge on any atom is -0.497 e. The summed E-state index contributed by atoms with van der Waals surface area (Å²) < 4.78 is 5.12. The Morgan fingerprint density at radius 2 is 1.93 bits per heavy atom. The number of ether oxygens (including phenoxy) is 1. The maximum atomic E-state index is 5.12. The van der Waals surface area contributed by atoms with E-state index < -0.39 is 0 Å². The van der Waals surface area contributed by atoms with Crippen LogP contribution >= 0.6 is 12.4 Å². The van der Waals surface area contributed by atoms with Gasteiger partial charge in [-0.1, -0.05) is 6.07 Å². The normalized spacial score (nSPS) is 9.57. The molecule has 1 aromatic carbocycles. The summed E-state index contributed by atoms with van der Waals surface area (Å²) in [6, 6.07) is 9.94. The van der Waals surface area contributed by atoms with Crippen LogP contribution in [0.15, 0.2) is 30.3 Å². The van der Waals surface area contributed by atoms with Gasteiger partial charge in [-0.25, -0.2) is 0 Å². The first-order chi connectivity index (χ1) is 6.29. The topological polar surface area (TPSA) is 22.1 Å². The maximum Gasteiger partial charge on any atom is 0.119 e. The number of pyridine rings is 1. The fourth-order valence-corrected chi connectivity index (χ4v) is 1.33. The fraction of sp³-hybridized carbons (Fsp3) is 0.182. The summed E-state index contributed by atoms with van der Waals surface area (Å²) in [5, 5.41) is 1.12. The first kappa shape index (κ1) is 10.8. The van der Waals surface area contributed by atoms with E-state index in [1.165, 1.54) is 0 Å². The zero-order chi connectivity index (χ0) is 9.26. The predicted octanol–water partition coefficient (Wildman–Crippen LogP) is 2.97. The number of aromatic nitrogens is 1. The van der Waals surface area contributed by atoms with E-state index in [2.05, 4.69) is 11.1 Å². The third-order valence-corrected chi connectivity index (χ3v) is 2.04. The van der Waals surface area contributed by atoms with Crippen LogP contribution in [0.4, 0.5) is 0 Å². The summed E-state index contributed by atoms with van der Waals surface area (Å²) >= 11 is 0. The predicted molar refractivity (Wildman–Crippen MR) is 60.3 cm³/mol. The molecule has 0 saturated carbocycles. The van der Waals surface area contributed by atoms with Crippen LogP contribution in [0, 0.1) is 6.92 Å². The van der Waals surface area contributed by atoms with Crippen LogP contribution in [0.3, 0.4) is 0 Å². The molecule has 1 aromatic heterocycles. The molecule has 14 heavy (non-hydrogen) atoms. The second-order valence-corrected chi connectivity index (χ2v) is 3.01. The Morgan fingerprint density at radius 1 is 1.14 bits per heavy atom. The average molecular weight is 210 g/mol. The molecule has 74 valence electrons. The number of aryl methyl sites for hydroxylation is 1. The minimum atomic E-state index is 0. The molecule has 0 saturated heterocycles. The van der Waals surface area contributed by atoms with Crippen molar-refractivity contribution in [2.75, 3.05) is 7.11 Å². The van der Waals surface area contributed by atoms with Gasteiger partial charge in [-0.05, 0) is 31.2 Å². The van der Waals surface area contributed by atoms with E-state index >= 15 is 0 Å². The van der Waals surface area contributed by atoms with Gasteiger partial charge in [0, 0.05) is 11.1 Å². The summed E-state index contributed by atoms with van der Waals surface area (Å²) in [5.41, 5.74) is 2.05. The summed E-state index contributed by atoms with van der Waals surface area (Å²) in [5.74, 6) is 0.873. The number of benzene rings is 1. The number of rotatable bonds is 1. The molecule has 2 aromatic rings. The Morgan fingerprint density at radius 3 is 2.64 bits per heavy atom. The molecule has 1 heterocycles. The quantitative estimate of drug-likeness (QED) is 0.721. The Kier molecular flexibility index (Phi) is 3.31. The van der Waals surface area contributed by atoms with E-state index in [-0.39, 0.29) is 12.4 Å². The van der Waals surface area contributed by atoms with Crippen LogP contribution in [0.25, 0.3) is 10.9 Å². The molecular weight excluding hydrogens is 198 g/mol. The second kappa shape index (κ2) is 4.29. The first-order valence-corrected chi connectivity index (χ1v) is 4.21. The van der Waals surface area contributed by atoms with Gasteiger partial charge in [-0.15, -0.1) is 12.4 Å². The highest BCUT2D eigenvalue weighted by Crippen LogP contribution is 2.18. The Balaban J connectivity index is 0.000000980. The summed E-state index contributed by atoms with van der Waals surface area (Å²) in [6.45, 7) is 1.99.